The van der Waals surface area contributed by atoms with Crippen molar-refractivity contribution in [3.8, 4) is 5.75 Å². The van der Waals surface area contributed by atoms with Gasteiger partial charge in [0.05, 0.1) is 11.8 Å². The lowest BCUT2D eigenvalue weighted by molar-refractivity contribution is 0.0568. The van der Waals surface area contributed by atoms with Gasteiger partial charge in [-0.25, -0.2) is 0 Å². The molecule has 1 aromatic heterocycles. The van der Waals surface area contributed by atoms with Gasteiger partial charge >= 0.3 is 0 Å². The van der Waals surface area contributed by atoms with Crippen molar-refractivity contribution < 1.29 is 4.74 Å². The molecule has 3 heteroatoms. The molecule has 1 aliphatic carbocycles. The third-order valence-electron chi connectivity index (χ3n) is 4.46. The van der Waals surface area contributed by atoms with Gasteiger partial charge in [0.2, 0.25) is 0 Å². The first kappa shape index (κ1) is 14.2. The molecule has 0 saturated heterocycles. The van der Waals surface area contributed by atoms with Crippen molar-refractivity contribution in [3.63, 3.8) is 0 Å². The minimum Gasteiger partial charge on any atom is -0.488 e. The summed E-state index contributed by atoms with van der Waals surface area (Å²) in [5.41, 5.74) is 7.36. The highest BCUT2D eigenvalue weighted by atomic mass is 16.5. The van der Waals surface area contributed by atoms with Crippen LogP contribution in [0.15, 0.2) is 30.6 Å². The van der Waals surface area contributed by atoms with Crippen LogP contribution < -0.4 is 10.5 Å². The van der Waals surface area contributed by atoms with Gasteiger partial charge in [-0.05, 0) is 48.8 Å². The van der Waals surface area contributed by atoms with Crippen molar-refractivity contribution in [2.45, 2.75) is 46.1 Å². The van der Waals surface area contributed by atoms with E-state index in [4.69, 9.17) is 10.5 Å². The molecule has 21 heavy (non-hydrogen) atoms. The van der Waals surface area contributed by atoms with Crippen LogP contribution in [0.5, 0.6) is 5.75 Å². The van der Waals surface area contributed by atoms with Crippen molar-refractivity contribution >= 4 is 16.5 Å². The van der Waals surface area contributed by atoms with Gasteiger partial charge in [-0.3, -0.25) is 4.98 Å². The Hall–Kier alpha value is -1.77. The van der Waals surface area contributed by atoms with Gasteiger partial charge in [0.25, 0.3) is 0 Å². The summed E-state index contributed by atoms with van der Waals surface area (Å²) in [5, 5.41) is 2.07. The number of rotatable bonds is 2. The largest absolute Gasteiger partial charge is 0.488 e. The number of hydrogen-bond acceptors (Lipinski definition) is 3. The van der Waals surface area contributed by atoms with E-state index in [1.54, 1.807) is 6.20 Å². The molecule has 112 valence electrons. The van der Waals surface area contributed by atoms with Crippen LogP contribution in [0.1, 0.15) is 40.0 Å². The molecule has 2 atom stereocenters. The summed E-state index contributed by atoms with van der Waals surface area (Å²) in [4.78, 5) is 4.13. The predicted molar refractivity (Wildman–Crippen MR) is 87.4 cm³/mol. The average molecular weight is 284 g/mol. The molecule has 1 aromatic carbocycles. The second-order valence-corrected chi connectivity index (χ2v) is 7.23. The maximum Gasteiger partial charge on any atom is 0.143 e. The number of fused-ring (bicyclic) bond motifs is 1. The minimum absolute atomic E-state index is 0.255. The van der Waals surface area contributed by atoms with Crippen LogP contribution in [0.2, 0.25) is 0 Å². The minimum atomic E-state index is 0.255. The lowest BCUT2D eigenvalue weighted by Gasteiger charge is -2.39. The number of hydrogen-bond donors (Lipinski definition) is 1. The van der Waals surface area contributed by atoms with E-state index in [-0.39, 0.29) is 6.10 Å². The Morgan fingerprint density at radius 2 is 2.05 bits per heavy atom. The van der Waals surface area contributed by atoms with Crippen molar-refractivity contribution in [2.75, 3.05) is 5.73 Å². The lowest BCUT2D eigenvalue weighted by atomic mass is 9.71. The van der Waals surface area contributed by atoms with Crippen LogP contribution >= 0.6 is 0 Å². The van der Waals surface area contributed by atoms with Crippen LogP contribution in [-0.2, 0) is 0 Å². The summed E-state index contributed by atoms with van der Waals surface area (Å²) in [7, 11) is 0. The third-order valence-corrected chi connectivity index (χ3v) is 4.46. The van der Waals surface area contributed by atoms with E-state index in [1.807, 2.05) is 24.4 Å². The molecule has 2 N–H and O–H groups in total. The van der Waals surface area contributed by atoms with E-state index in [9.17, 15) is 0 Å². The highest BCUT2D eigenvalue weighted by Gasteiger charge is 2.33. The zero-order chi connectivity index (χ0) is 15.0. The predicted octanol–water partition coefficient (Wildman–Crippen LogP) is 4.41. The highest BCUT2D eigenvalue weighted by molar-refractivity contribution is 5.95. The zero-order valence-corrected chi connectivity index (χ0v) is 13.1. The normalized spacial score (nSPS) is 24.9. The number of aromatic nitrogens is 1. The number of ether oxygens (including phenoxy) is 1. The van der Waals surface area contributed by atoms with Crippen LogP contribution in [0.3, 0.4) is 0 Å². The molecule has 1 heterocycles. The quantitative estimate of drug-likeness (QED) is 0.831. The van der Waals surface area contributed by atoms with Gasteiger partial charge < -0.3 is 10.5 Å². The smallest absolute Gasteiger partial charge is 0.143 e. The number of nitrogens with zero attached hydrogens (tertiary/aromatic N) is 1. The first-order chi connectivity index (χ1) is 9.94. The zero-order valence-electron chi connectivity index (χ0n) is 13.1. The monoisotopic (exact) mass is 284 g/mol. The molecule has 3 nitrogen and oxygen atoms in total. The highest BCUT2D eigenvalue weighted by Crippen LogP contribution is 2.41. The molecular weight excluding hydrogens is 260 g/mol. The van der Waals surface area contributed by atoms with Crippen LogP contribution in [0.25, 0.3) is 10.8 Å². The maximum atomic E-state index is 6.29. The number of benzene rings is 1. The maximum absolute atomic E-state index is 6.29. The van der Waals surface area contributed by atoms with Crippen molar-refractivity contribution in [1.82, 2.24) is 4.98 Å². The molecule has 2 unspecified atom stereocenters. The van der Waals surface area contributed by atoms with Crippen LogP contribution in [-0.4, -0.2) is 11.1 Å². The third kappa shape index (κ3) is 2.97. The Balaban J connectivity index is 1.86. The molecule has 0 bridgehead atoms. The molecule has 0 radical (unpaired) electrons. The van der Waals surface area contributed by atoms with Crippen LogP contribution in [0.4, 0.5) is 5.69 Å². The standard InChI is InChI=1S/C18H24N2O/c1-12-8-14(10-18(2,3)9-12)21-16-5-4-13-11-20-7-6-15(13)17(16)19/h4-7,11-12,14H,8-10,19H2,1-3H3. The summed E-state index contributed by atoms with van der Waals surface area (Å²) < 4.78 is 6.25. The van der Waals surface area contributed by atoms with Gasteiger partial charge in [-0.2, -0.15) is 0 Å². The number of nitrogen functional groups attached to an aromatic ring is 1. The fourth-order valence-electron chi connectivity index (χ4n) is 3.80. The Morgan fingerprint density at radius 1 is 1.24 bits per heavy atom. The summed E-state index contributed by atoms with van der Waals surface area (Å²) >= 11 is 0. The fourth-order valence-corrected chi connectivity index (χ4v) is 3.80. The van der Waals surface area contributed by atoms with E-state index in [1.165, 1.54) is 6.42 Å². The van der Waals surface area contributed by atoms with Crippen molar-refractivity contribution in [3.05, 3.63) is 30.6 Å². The molecule has 2 aromatic rings. The Bertz CT molecular complexity index is 651. The Morgan fingerprint density at radius 3 is 2.81 bits per heavy atom. The van der Waals surface area contributed by atoms with Gasteiger partial charge in [0.15, 0.2) is 0 Å². The number of nitrogens with two attached hydrogens (primary N) is 1. The van der Waals surface area contributed by atoms with Gasteiger partial charge in [-0.1, -0.05) is 20.8 Å². The summed E-state index contributed by atoms with van der Waals surface area (Å²) in [5.74, 6) is 1.51. The fraction of sp³-hybridized carbons (Fsp3) is 0.500. The van der Waals surface area contributed by atoms with E-state index in [0.29, 0.717) is 11.3 Å². The first-order valence-corrected chi connectivity index (χ1v) is 7.73. The molecular formula is C18H24N2O. The molecule has 0 aliphatic heterocycles. The molecule has 3 rings (SSSR count). The summed E-state index contributed by atoms with van der Waals surface area (Å²) in [6.07, 6.45) is 7.33. The van der Waals surface area contributed by atoms with E-state index in [2.05, 4.69) is 25.8 Å². The van der Waals surface area contributed by atoms with Gasteiger partial charge in [0.1, 0.15) is 5.75 Å². The van der Waals surface area contributed by atoms with Crippen molar-refractivity contribution in [2.24, 2.45) is 11.3 Å². The SMILES string of the molecule is CC1CC(Oc2ccc3cnccc3c2N)CC(C)(C)C1. The number of pyridine rings is 1. The molecule has 0 spiro atoms. The van der Waals surface area contributed by atoms with Crippen LogP contribution in [0, 0.1) is 11.3 Å². The summed E-state index contributed by atoms with van der Waals surface area (Å²) in [6.45, 7) is 6.97. The second kappa shape index (κ2) is 5.21. The van der Waals surface area contributed by atoms with E-state index < -0.39 is 0 Å². The average Bonchev–Trinajstić information content (AvgIpc) is 2.40. The second-order valence-electron chi connectivity index (χ2n) is 7.23. The molecule has 0 amide bonds. The van der Waals surface area contributed by atoms with Gasteiger partial charge in [-0.15, -0.1) is 0 Å². The number of anilines is 1. The molecule has 1 aliphatic rings. The van der Waals surface area contributed by atoms with Gasteiger partial charge in [0, 0.05) is 23.2 Å². The molecule has 1 fully saturated rings. The van der Waals surface area contributed by atoms with E-state index >= 15 is 0 Å². The summed E-state index contributed by atoms with van der Waals surface area (Å²) in [6, 6.07) is 5.96. The Labute approximate surface area is 126 Å². The lowest BCUT2D eigenvalue weighted by Crippen LogP contribution is -2.34. The van der Waals surface area contributed by atoms with Crippen molar-refractivity contribution in [1.29, 1.82) is 0 Å². The first-order valence-electron chi connectivity index (χ1n) is 7.73. The topological polar surface area (TPSA) is 48.1 Å². The van der Waals surface area contributed by atoms with E-state index in [0.717, 1.165) is 35.1 Å². The molecule has 1 saturated carbocycles. The Kier molecular flexibility index (Phi) is 3.52.